The number of carbonyl (C=O) groups is 4. The first-order valence-electron chi connectivity index (χ1n) is 11.1. The first-order valence-corrected chi connectivity index (χ1v) is 12.7. The van der Waals surface area contributed by atoms with Crippen LogP contribution in [0, 0.1) is 16.7 Å². The summed E-state index contributed by atoms with van der Waals surface area (Å²) >= 11 is 1.46. The van der Waals surface area contributed by atoms with Crippen LogP contribution in [0.2, 0.25) is 0 Å². The molecule has 2 aliphatic rings. The number of benzene rings is 1. The molecule has 35 heavy (non-hydrogen) atoms. The third kappa shape index (κ3) is 4.37. The fourth-order valence-corrected chi connectivity index (χ4v) is 7.18. The highest BCUT2D eigenvalue weighted by atomic mass is 32.2. The third-order valence-corrected chi connectivity index (χ3v) is 9.19. The number of hydrogen-bond acceptors (Lipinski definition) is 9. The average Bonchev–Trinajstić information content (AvgIpc) is 3.11. The Labute approximate surface area is 213 Å². The molecule has 3 rings (SSSR count). The Morgan fingerprint density at radius 2 is 1.80 bits per heavy atom. The van der Waals surface area contributed by atoms with Crippen molar-refractivity contribution in [2.75, 3.05) is 20.8 Å². The molecule has 188 valence electrons. The van der Waals surface area contributed by atoms with Crippen molar-refractivity contribution >= 4 is 45.6 Å². The average molecular weight is 520 g/mol. The van der Waals surface area contributed by atoms with Crippen molar-refractivity contribution in [2.24, 2.45) is 5.41 Å². The van der Waals surface area contributed by atoms with Gasteiger partial charge in [0, 0.05) is 27.0 Å². The summed E-state index contributed by atoms with van der Waals surface area (Å²) in [6.45, 7) is 4.41. The fourth-order valence-electron chi connectivity index (χ4n) is 4.75. The zero-order valence-corrected chi connectivity index (χ0v) is 22.0. The summed E-state index contributed by atoms with van der Waals surface area (Å²) in [5, 5.41) is 19.0. The molecule has 1 N–H and O–H groups in total. The van der Waals surface area contributed by atoms with E-state index in [4.69, 9.17) is 4.74 Å². The maximum absolute atomic E-state index is 14.2. The summed E-state index contributed by atoms with van der Waals surface area (Å²) < 4.78 is 4.97. The summed E-state index contributed by atoms with van der Waals surface area (Å²) in [6, 6.07) is 8.22. The predicted octanol–water partition coefficient (Wildman–Crippen LogP) is 2.44. The number of piperazine rings is 1. The van der Waals surface area contributed by atoms with Gasteiger partial charge in [-0.05, 0) is 48.5 Å². The highest BCUT2D eigenvalue weighted by Gasteiger charge is 2.71. The Kier molecular flexibility index (Phi) is 7.72. The van der Waals surface area contributed by atoms with Gasteiger partial charge in [-0.2, -0.15) is 5.26 Å². The molecule has 0 aromatic heterocycles. The topological polar surface area (TPSA) is 128 Å². The number of hydrogen-bond donors (Lipinski definition) is 1. The first kappa shape index (κ1) is 27.2. The van der Waals surface area contributed by atoms with E-state index in [0.717, 1.165) is 11.8 Å². The smallest absolute Gasteiger partial charge is 0.261 e. The van der Waals surface area contributed by atoms with E-state index in [1.54, 1.807) is 38.1 Å². The quantitative estimate of drug-likeness (QED) is 0.578. The van der Waals surface area contributed by atoms with Crippen LogP contribution in [0.15, 0.2) is 24.3 Å². The van der Waals surface area contributed by atoms with Crippen LogP contribution in [0.3, 0.4) is 0 Å². The normalized spacial score (nSPS) is 30.3. The number of nitrogens with zero attached hydrogens (tertiary/aromatic N) is 3. The molecule has 2 amide bonds. The number of methoxy groups -OCH3 is 1. The van der Waals surface area contributed by atoms with Crippen molar-refractivity contribution < 1.29 is 29.0 Å². The molecule has 1 unspecified atom stereocenters. The van der Waals surface area contributed by atoms with E-state index in [1.807, 2.05) is 0 Å². The Morgan fingerprint density at radius 1 is 1.17 bits per heavy atom. The number of carbonyl (C=O) groups excluding carboxylic acids is 4. The van der Waals surface area contributed by atoms with E-state index >= 15 is 0 Å². The monoisotopic (exact) mass is 519 g/mol. The van der Waals surface area contributed by atoms with Crippen LogP contribution in [0.4, 0.5) is 0 Å². The summed E-state index contributed by atoms with van der Waals surface area (Å²) in [4.78, 5) is 52.8. The number of amides is 2. The zero-order chi connectivity index (χ0) is 26.2. The molecule has 0 radical (unpaired) electrons. The molecular weight excluding hydrogens is 490 g/mol. The summed E-state index contributed by atoms with van der Waals surface area (Å²) in [5.41, 5.74) is 0.0154. The summed E-state index contributed by atoms with van der Waals surface area (Å²) in [7, 11) is 2.81. The molecule has 4 atom stereocenters. The van der Waals surface area contributed by atoms with Crippen LogP contribution in [0.5, 0.6) is 0 Å². The number of thioether (sulfide) groups is 2. The number of nitriles is 1. The van der Waals surface area contributed by atoms with E-state index in [0.29, 0.717) is 22.9 Å². The molecule has 0 bridgehead atoms. The van der Waals surface area contributed by atoms with Crippen LogP contribution in [0.1, 0.15) is 50.8 Å². The molecule has 2 heterocycles. The third-order valence-electron chi connectivity index (χ3n) is 6.63. The van der Waals surface area contributed by atoms with Crippen molar-refractivity contribution in [3.8, 4) is 6.07 Å². The molecule has 9 nitrogen and oxygen atoms in total. The summed E-state index contributed by atoms with van der Waals surface area (Å²) in [5.74, 6) is -1.05. The number of ether oxygens (including phenoxy) is 1. The lowest BCUT2D eigenvalue weighted by Crippen LogP contribution is -2.71. The van der Waals surface area contributed by atoms with Crippen LogP contribution in [0.25, 0.3) is 0 Å². The Hall–Kier alpha value is -2.39. The van der Waals surface area contributed by atoms with Gasteiger partial charge in [-0.15, -0.1) is 0 Å². The van der Waals surface area contributed by atoms with Gasteiger partial charge in [-0.3, -0.25) is 19.2 Å². The van der Waals surface area contributed by atoms with E-state index in [9.17, 15) is 29.5 Å². The van der Waals surface area contributed by atoms with Crippen molar-refractivity contribution in [1.29, 1.82) is 5.26 Å². The maximum Gasteiger partial charge on any atom is 0.261 e. The molecule has 0 spiro atoms. The van der Waals surface area contributed by atoms with Gasteiger partial charge in [0.2, 0.25) is 5.12 Å². The van der Waals surface area contributed by atoms with E-state index in [2.05, 4.69) is 6.07 Å². The lowest BCUT2D eigenvalue weighted by molar-refractivity contribution is -0.163. The van der Waals surface area contributed by atoms with Crippen molar-refractivity contribution in [1.82, 2.24) is 9.80 Å². The number of rotatable bonds is 7. The molecule has 0 saturated carbocycles. The molecule has 1 aromatic carbocycles. The largest absolute Gasteiger partial charge is 0.392 e. The van der Waals surface area contributed by atoms with E-state index in [1.165, 1.54) is 30.9 Å². The lowest BCUT2D eigenvalue weighted by atomic mass is 9.79. The number of aliphatic hydroxyl groups excluding tert-OH is 1. The first-order chi connectivity index (χ1) is 16.4. The molecule has 2 aliphatic heterocycles. The number of fused-ring (bicyclic) bond motifs is 1. The molecule has 2 saturated heterocycles. The second-order valence-electron chi connectivity index (χ2n) is 9.05. The lowest BCUT2D eigenvalue weighted by Gasteiger charge is -2.52. The van der Waals surface area contributed by atoms with Crippen LogP contribution in [-0.4, -0.2) is 67.5 Å². The number of likely N-dealkylation sites (N-methyl/N-ethyl adjacent to an activating group) is 1. The van der Waals surface area contributed by atoms with Crippen LogP contribution in [-0.2, 0) is 30.5 Å². The van der Waals surface area contributed by atoms with Crippen LogP contribution >= 0.6 is 23.5 Å². The molecule has 1 aromatic rings. The zero-order valence-electron chi connectivity index (χ0n) is 20.4. The Bertz CT molecular complexity index is 1090. The van der Waals surface area contributed by atoms with Gasteiger partial charge in [0.1, 0.15) is 6.61 Å². The van der Waals surface area contributed by atoms with Crippen molar-refractivity contribution in [2.45, 2.75) is 56.0 Å². The maximum atomic E-state index is 14.2. The fraction of sp³-hybridized carbons (Fsp3) is 0.542. The minimum Gasteiger partial charge on any atom is -0.392 e. The Morgan fingerprint density at radius 3 is 2.31 bits per heavy atom. The second-order valence-corrected chi connectivity index (χ2v) is 11.8. The van der Waals surface area contributed by atoms with Gasteiger partial charge in [-0.1, -0.05) is 31.2 Å². The SMILES string of the molecule is CCC(=O)S[C@@]1(C)C(=O)N2C(c3ccc(CO)cc3)[C@@](C)(C#N)C[C@]2(SC(=O)COC)C(=O)N1C. The van der Waals surface area contributed by atoms with E-state index < -0.39 is 38.1 Å². The van der Waals surface area contributed by atoms with Gasteiger partial charge in [-0.25, -0.2) is 0 Å². The Balaban J connectivity index is 2.26. The van der Waals surface area contributed by atoms with Crippen molar-refractivity contribution in [3.63, 3.8) is 0 Å². The van der Waals surface area contributed by atoms with Gasteiger partial charge in [0.25, 0.3) is 11.8 Å². The number of aliphatic hydroxyl groups is 1. The van der Waals surface area contributed by atoms with Crippen LogP contribution < -0.4 is 0 Å². The minimum atomic E-state index is -1.68. The molecule has 2 fully saturated rings. The van der Waals surface area contributed by atoms with Gasteiger partial charge in [0.05, 0.1) is 24.1 Å². The van der Waals surface area contributed by atoms with E-state index in [-0.39, 0.29) is 31.2 Å². The van der Waals surface area contributed by atoms with Crippen molar-refractivity contribution in [3.05, 3.63) is 35.4 Å². The van der Waals surface area contributed by atoms with Gasteiger partial charge >= 0.3 is 0 Å². The van der Waals surface area contributed by atoms with Gasteiger partial charge in [0.15, 0.2) is 14.9 Å². The summed E-state index contributed by atoms with van der Waals surface area (Å²) in [6.07, 6.45) is 0.0875. The standard InChI is InChI=1S/C24H29N3O6S2/c1-6-17(29)34-23(3)20(31)27-19(16-9-7-15(11-28)8-10-16)22(2,14-25)13-24(27,21(32)26(23)4)35-18(30)12-33-5/h7-10,19,28H,6,11-13H2,1-5H3/t19?,22-,23+,24+/m1/s1. The predicted molar refractivity (Wildman–Crippen MR) is 132 cm³/mol. The minimum absolute atomic E-state index is 0.0829. The molecular formula is C24H29N3O6S2. The second kappa shape index (κ2) is 9.93. The molecule has 11 heteroatoms. The van der Waals surface area contributed by atoms with Gasteiger partial charge < -0.3 is 19.6 Å². The highest BCUT2D eigenvalue weighted by Crippen LogP contribution is 2.62. The molecule has 0 aliphatic carbocycles. The highest BCUT2D eigenvalue weighted by molar-refractivity contribution is 8.16.